The predicted octanol–water partition coefficient (Wildman–Crippen LogP) is 5.01. The van der Waals surface area contributed by atoms with Crippen molar-refractivity contribution < 1.29 is 9.90 Å². The van der Waals surface area contributed by atoms with E-state index < -0.39 is 5.97 Å². The third kappa shape index (κ3) is 4.02. The minimum atomic E-state index is -0.867. The summed E-state index contributed by atoms with van der Waals surface area (Å²) in [5.74, 6) is -0.867. The number of rotatable bonds is 7. The normalized spacial score (nSPS) is 12.1. The first kappa shape index (κ1) is 19.9. The number of benzene rings is 2. The molecule has 0 bridgehead atoms. The van der Waals surface area contributed by atoms with Crippen LogP contribution in [0.15, 0.2) is 54.6 Å². The van der Waals surface area contributed by atoms with Crippen molar-refractivity contribution in [2.75, 3.05) is 0 Å². The SMILES string of the molecule is Cc1ccccc1Cn1c(C)c(CN[C@@H](C)c2ccccc2)c(C(=O)O)c1C. The van der Waals surface area contributed by atoms with Crippen molar-refractivity contribution >= 4 is 5.97 Å². The average Bonchev–Trinajstić information content (AvgIpc) is 2.92. The summed E-state index contributed by atoms with van der Waals surface area (Å²) in [5, 5.41) is 13.3. The van der Waals surface area contributed by atoms with E-state index in [1.807, 2.05) is 44.2 Å². The highest BCUT2D eigenvalue weighted by Crippen LogP contribution is 2.25. The van der Waals surface area contributed by atoms with Gasteiger partial charge >= 0.3 is 5.97 Å². The van der Waals surface area contributed by atoms with Crippen LogP contribution in [0.1, 0.15) is 57.0 Å². The second-order valence-corrected chi connectivity index (χ2v) is 7.36. The van der Waals surface area contributed by atoms with Gasteiger partial charge in [0.1, 0.15) is 0 Å². The maximum Gasteiger partial charge on any atom is 0.337 e. The van der Waals surface area contributed by atoms with Crippen LogP contribution in [-0.2, 0) is 13.1 Å². The Morgan fingerprint density at radius 1 is 1.00 bits per heavy atom. The topological polar surface area (TPSA) is 54.3 Å². The fraction of sp³-hybridized carbons (Fsp3) is 0.292. The van der Waals surface area contributed by atoms with Crippen LogP contribution in [0.4, 0.5) is 0 Å². The number of carboxylic acids is 1. The van der Waals surface area contributed by atoms with E-state index in [4.69, 9.17) is 0 Å². The van der Waals surface area contributed by atoms with Gasteiger partial charge < -0.3 is 15.0 Å². The molecule has 0 aliphatic heterocycles. The van der Waals surface area contributed by atoms with Crippen molar-refractivity contribution in [2.24, 2.45) is 0 Å². The molecule has 0 amide bonds. The summed E-state index contributed by atoms with van der Waals surface area (Å²) in [6, 6.07) is 18.6. The molecule has 4 heteroatoms. The summed E-state index contributed by atoms with van der Waals surface area (Å²) in [6.45, 7) is 9.30. The molecule has 0 unspecified atom stereocenters. The van der Waals surface area contributed by atoms with Crippen molar-refractivity contribution in [1.29, 1.82) is 0 Å². The molecule has 0 saturated carbocycles. The molecule has 2 N–H and O–H groups in total. The van der Waals surface area contributed by atoms with E-state index in [0.29, 0.717) is 18.7 Å². The molecule has 0 aliphatic carbocycles. The van der Waals surface area contributed by atoms with Gasteiger partial charge in [-0.3, -0.25) is 0 Å². The van der Waals surface area contributed by atoms with E-state index in [1.54, 1.807) is 0 Å². The van der Waals surface area contributed by atoms with Crippen LogP contribution in [0.25, 0.3) is 0 Å². The van der Waals surface area contributed by atoms with E-state index in [2.05, 4.69) is 48.0 Å². The molecular formula is C24H28N2O2. The molecule has 0 spiro atoms. The van der Waals surface area contributed by atoms with Gasteiger partial charge in [0.15, 0.2) is 0 Å². The maximum absolute atomic E-state index is 12.0. The quantitative estimate of drug-likeness (QED) is 0.609. The molecule has 2 aromatic carbocycles. The van der Waals surface area contributed by atoms with Gasteiger partial charge in [0.25, 0.3) is 0 Å². The van der Waals surface area contributed by atoms with Crippen LogP contribution in [0, 0.1) is 20.8 Å². The number of hydrogen-bond donors (Lipinski definition) is 2. The number of hydrogen-bond acceptors (Lipinski definition) is 2. The number of aromatic carboxylic acids is 1. The minimum absolute atomic E-state index is 0.141. The molecule has 1 aromatic heterocycles. The molecule has 0 fully saturated rings. The molecule has 0 saturated heterocycles. The molecule has 28 heavy (non-hydrogen) atoms. The molecule has 3 aromatic rings. The maximum atomic E-state index is 12.0. The lowest BCUT2D eigenvalue weighted by Crippen LogP contribution is -2.19. The Bertz CT molecular complexity index is 974. The third-order valence-corrected chi connectivity index (χ3v) is 5.60. The summed E-state index contributed by atoms with van der Waals surface area (Å²) in [7, 11) is 0. The predicted molar refractivity (Wildman–Crippen MR) is 113 cm³/mol. The number of nitrogens with one attached hydrogen (secondary N) is 1. The van der Waals surface area contributed by atoms with Crippen LogP contribution in [0.5, 0.6) is 0 Å². The first-order chi connectivity index (χ1) is 13.4. The van der Waals surface area contributed by atoms with Crippen molar-refractivity contribution in [3.8, 4) is 0 Å². The average molecular weight is 377 g/mol. The number of carboxylic acid groups (broad SMARTS) is 1. The molecule has 0 aliphatic rings. The number of aromatic nitrogens is 1. The Labute approximate surface area is 166 Å². The van der Waals surface area contributed by atoms with Crippen LogP contribution < -0.4 is 5.32 Å². The van der Waals surface area contributed by atoms with Crippen molar-refractivity contribution in [3.05, 3.63) is 93.8 Å². The van der Waals surface area contributed by atoms with E-state index >= 15 is 0 Å². The van der Waals surface area contributed by atoms with Gasteiger partial charge in [0.05, 0.1) is 5.56 Å². The van der Waals surface area contributed by atoms with Gasteiger partial charge in [-0.1, -0.05) is 54.6 Å². The lowest BCUT2D eigenvalue weighted by Gasteiger charge is -2.15. The molecule has 1 atom stereocenters. The Kier molecular flexibility index (Phi) is 6.00. The number of nitrogens with zero attached hydrogens (tertiary/aromatic N) is 1. The Morgan fingerprint density at radius 3 is 2.29 bits per heavy atom. The van der Waals surface area contributed by atoms with Gasteiger partial charge in [0.2, 0.25) is 0 Å². The first-order valence-corrected chi connectivity index (χ1v) is 9.64. The molecule has 4 nitrogen and oxygen atoms in total. The molecule has 0 radical (unpaired) electrons. The zero-order valence-corrected chi connectivity index (χ0v) is 17.0. The first-order valence-electron chi connectivity index (χ1n) is 9.64. The highest BCUT2D eigenvalue weighted by atomic mass is 16.4. The monoisotopic (exact) mass is 376 g/mol. The summed E-state index contributed by atoms with van der Waals surface area (Å²) in [4.78, 5) is 12.0. The Hall–Kier alpha value is -2.85. The van der Waals surface area contributed by atoms with Crippen LogP contribution in [-0.4, -0.2) is 15.6 Å². The van der Waals surface area contributed by atoms with E-state index in [-0.39, 0.29) is 6.04 Å². The van der Waals surface area contributed by atoms with Gasteiger partial charge in [-0.05, 0) is 44.4 Å². The lowest BCUT2D eigenvalue weighted by atomic mass is 10.1. The zero-order valence-electron chi connectivity index (χ0n) is 17.0. The standard InChI is InChI=1S/C24H28N2O2/c1-16-10-8-9-13-21(16)15-26-18(3)22(23(19(26)4)24(27)28)14-25-17(2)20-11-6-5-7-12-20/h5-13,17,25H,14-15H2,1-4H3,(H,27,28)/t17-/m0/s1. The summed E-state index contributed by atoms with van der Waals surface area (Å²) < 4.78 is 2.12. The van der Waals surface area contributed by atoms with Gasteiger partial charge in [0, 0.05) is 36.1 Å². The van der Waals surface area contributed by atoms with E-state index in [1.165, 1.54) is 16.7 Å². The largest absolute Gasteiger partial charge is 0.478 e. The molecule has 1 heterocycles. The molecular weight excluding hydrogens is 348 g/mol. The van der Waals surface area contributed by atoms with Crippen LogP contribution in [0.3, 0.4) is 0 Å². The molecule has 146 valence electrons. The summed E-state index contributed by atoms with van der Waals surface area (Å²) in [6.07, 6.45) is 0. The van der Waals surface area contributed by atoms with Gasteiger partial charge in [-0.2, -0.15) is 0 Å². The highest BCUT2D eigenvalue weighted by molar-refractivity contribution is 5.91. The smallest absolute Gasteiger partial charge is 0.337 e. The van der Waals surface area contributed by atoms with Crippen LogP contribution >= 0.6 is 0 Å². The second-order valence-electron chi connectivity index (χ2n) is 7.36. The number of aryl methyl sites for hydroxylation is 1. The fourth-order valence-electron chi connectivity index (χ4n) is 3.76. The van der Waals surface area contributed by atoms with Crippen LogP contribution in [0.2, 0.25) is 0 Å². The Morgan fingerprint density at radius 2 is 1.64 bits per heavy atom. The highest BCUT2D eigenvalue weighted by Gasteiger charge is 2.23. The van der Waals surface area contributed by atoms with Gasteiger partial charge in [-0.15, -0.1) is 0 Å². The minimum Gasteiger partial charge on any atom is -0.478 e. The second kappa shape index (κ2) is 8.44. The lowest BCUT2D eigenvalue weighted by molar-refractivity contribution is 0.0694. The third-order valence-electron chi connectivity index (χ3n) is 5.60. The van der Waals surface area contributed by atoms with E-state index in [9.17, 15) is 9.90 Å². The summed E-state index contributed by atoms with van der Waals surface area (Å²) >= 11 is 0. The fourth-order valence-corrected chi connectivity index (χ4v) is 3.76. The Balaban J connectivity index is 1.90. The summed E-state index contributed by atoms with van der Waals surface area (Å²) in [5.41, 5.74) is 6.69. The zero-order chi connectivity index (χ0) is 20.3. The number of carbonyl (C=O) groups is 1. The van der Waals surface area contributed by atoms with Crippen molar-refractivity contribution in [2.45, 2.75) is 46.8 Å². The van der Waals surface area contributed by atoms with E-state index in [0.717, 1.165) is 17.0 Å². The van der Waals surface area contributed by atoms with Crippen molar-refractivity contribution in [3.63, 3.8) is 0 Å². The van der Waals surface area contributed by atoms with Gasteiger partial charge in [-0.25, -0.2) is 4.79 Å². The van der Waals surface area contributed by atoms with Crippen molar-refractivity contribution in [1.82, 2.24) is 9.88 Å². The molecule has 3 rings (SSSR count).